The summed E-state index contributed by atoms with van der Waals surface area (Å²) in [7, 11) is 0. The van der Waals surface area contributed by atoms with Gasteiger partial charge < -0.3 is 19.9 Å². The number of unbranched alkanes of at least 4 members (excludes halogenated alkanes) is 1. The molecule has 26 heavy (non-hydrogen) atoms. The minimum Gasteiger partial charge on any atom is -0.479 e. The molecule has 1 aromatic carbocycles. The van der Waals surface area contributed by atoms with Crippen LogP contribution in [0.2, 0.25) is 0 Å². The van der Waals surface area contributed by atoms with Crippen LogP contribution < -0.4 is 10.6 Å². The number of ether oxygens (including phenoxy) is 2. The van der Waals surface area contributed by atoms with Crippen LogP contribution in [0, 0.1) is 0 Å². The van der Waals surface area contributed by atoms with E-state index in [9.17, 15) is 19.5 Å². The van der Waals surface area contributed by atoms with Gasteiger partial charge in [0.15, 0.2) is 6.04 Å². The number of amides is 2. The third-order valence-electron chi connectivity index (χ3n) is 3.13. The maximum atomic E-state index is 11.7. The second-order valence-corrected chi connectivity index (χ2v) is 6.65. The van der Waals surface area contributed by atoms with Crippen LogP contribution in [0.15, 0.2) is 24.3 Å². The molecular weight excluding hydrogens is 340 g/mol. The highest BCUT2D eigenvalue weighted by Crippen LogP contribution is 2.18. The first-order valence-corrected chi connectivity index (χ1v) is 8.38. The van der Waals surface area contributed by atoms with Crippen LogP contribution >= 0.6 is 0 Å². The molecule has 0 bridgehead atoms. The van der Waals surface area contributed by atoms with Gasteiger partial charge in [-0.2, -0.15) is 0 Å². The molecule has 0 radical (unpaired) electrons. The van der Waals surface area contributed by atoms with Crippen LogP contribution in [0.3, 0.4) is 0 Å². The Hall–Kier alpha value is -2.77. The van der Waals surface area contributed by atoms with Crippen molar-refractivity contribution >= 4 is 23.8 Å². The molecule has 0 heterocycles. The van der Waals surface area contributed by atoms with Crippen LogP contribution in [0.25, 0.3) is 0 Å². The van der Waals surface area contributed by atoms with E-state index in [2.05, 4.69) is 10.6 Å². The minimum absolute atomic E-state index is 0.230. The second kappa shape index (κ2) is 9.65. The molecular formula is C18H26N2O6. The Labute approximate surface area is 152 Å². The molecule has 8 heteroatoms. The van der Waals surface area contributed by atoms with Crippen molar-refractivity contribution in [2.24, 2.45) is 0 Å². The Morgan fingerprint density at radius 2 is 1.73 bits per heavy atom. The molecule has 144 valence electrons. The topological polar surface area (TPSA) is 114 Å². The lowest BCUT2D eigenvalue weighted by Crippen LogP contribution is -2.34. The van der Waals surface area contributed by atoms with Gasteiger partial charge in [0.2, 0.25) is 0 Å². The summed E-state index contributed by atoms with van der Waals surface area (Å²) in [5.74, 6) is -1.22. The van der Waals surface area contributed by atoms with Crippen molar-refractivity contribution in [3.8, 4) is 0 Å². The predicted molar refractivity (Wildman–Crippen MR) is 96.1 cm³/mol. The van der Waals surface area contributed by atoms with Gasteiger partial charge in [-0.1, -0.05) is 25.5 Å². The SMILES string of the molecule is CCCCOC(=O)NC(C(=O)O)c1ccc(NC(=O)OC(C)(C)C)cc1. The summed E-state index contributed by atoms with van der Waals surface area (Å²) in [6, 6.07) is 4.80. The molecule has 1 rings (SSSR count). The molecule has 8 nitrogen and oxygen atoms in total. The molecule has 1 atom stereocenters. The monoisotopic (exact) mass is 366 g/mol. The average molecular weight is 366 g/mol. The zero-order valence-electron chi connectivity index (χ0n) is 15.5. The number of benzene rings is 1. The molecule has 1 unspecified atom stereocenters. The highest BCUT2D eigenvalue weighted by atomic mass is 16.6. The van der Waals surface area contributed by atoms with E-state index in [0.29, 0.717) is 17.7 Å². The van der Waals surface area contributed by atoms with Gasteiger partial charge in [-0.05, 0) is 44.9 Å². The standard InChI is InChI=1S/C18H26N2O6/c1-5-6-11-25-16(23)20-14(15(21)22)12-7-9-13(10-8-12)19-17(24)26-18(2,3)4/h7-10,14H,5-6,11H2,1-4H3,(H,19,24)(H,20,23)(H,21,22). The number of carboxylic acids is 1. The van der Waals surface area contributed by atoms with Crippen molar-refractivity contribution in [1.29, 1.82) is 0 Å². The highest BCUT2D eigenvalue weighted by molar-refractivity contribution is 5.85. The van der Waals surface area contributed by atoms with Crippen LogP contribution in [0.1, 0.15) is 52.1 Å². The van der Waals surface area contributed by atoms with E-state index in [1.807, 2.05) is 6.92 Å². The first-order chi connectivity index (χ1) is 12.1. The van der Waals surface area contributed by atoms with E-state index in [4.69, 9.17) is 9.47 Å². The zero-order chi connectivity index (χ0) is 19.7. The number of nitrogens with one attached hydrogen (secondary N) is 2. The largest absolute Gasteiger partial charge is 0.479 e. The molecule has 2 amide bonds. The van der Waals surface area contributed by atoms with Gasteiger partial charge in [0, 0.05) is 5.69 Å². The molecule has 0 aliphatic carbocycles. The van der Waals surface area contributed by atoms with Gasteiger partial charge in [-0.25, -0.2) is 14.4 Å². The fourth-order valence-corrected chi connectivity index (χ4v) is 1.94. The fourth-order valence-electron chi connectivity index (χ4n) is 1.94. The summed E-state index contributed by atoms with van der Waals surface area (Å²) in [6.07, 6.45) is 0.164. The van der Waals surface area contributed by atoms with Gasteiger partial charge in [-0.15, -0.1) is 0 Å². The van der Waals surface area contributed by atoms with E-state index < -0.39 is 29.8 Å². The quantitative estimate of drug-likeness (QED) is 0.634. The van der Waals surface area contributed by atoms with E-state index in [1.165, 1.54) is 24.3 Å². The normalized spacial score (nSPS) is 12.0. The Morgan fingerprint density at radius 1 is 1.12 bits per heavy atom. The maximum Gasteiger partial charge on any atom is 0.412 e. The van der Waals surface area contributed by atoms with E-state index >= 15 is 0 Å². The number of rotatable bonds is 7. The van der Waals surface area contributed by atoms with Crippen molar-refractivity contribution in [3.63, 3.8) is 0 Å². The lowest BCUT2D eigenvalue weighted by Gasteiger charge is -2.20. The third-order valence-corrected chi connectivity index (χ3v) is 3.13. The number of aliphatic carboxylic acids is 1. The molecule has 0 aliphatic heterocycles. The lowest BCUT2D eigenvalue weighted by atomic mass is 10.1. The third kappa shape index (κ3) is 7.87. The highest BCUT2D eigenvalue weighted by Gasteiger charge is 2.23. The average Bonchev–Trinajstić information content (AvgIpc) is 2.51. The van der Waals surface area contributed by atoms with Gasteiger partial charge >= 0.3 is 18.2 Å². The van der Waals surface area contributed by atoms with Gasteiger partial charge in [0.1, 0.15) is 5.60 Å². The van der Waals surface area contributed by atoms with Crippen molar-refractivity contribution in [1.82, 2.24) is 5.32 Å². The van der Waals surface area contributed by atoms with Crippen LogP contribution in [-0.4, -0.2) is 35.5 Å². The first kappa shape index (κ1) is 21.3. The van der Waals surface area contributed by atoms with Crippen LogP contribution in [-0.2, 0) is 14.3 Å². The summed E-state index contributed by atoms with van der Waals surface area (Å²) in [4.78, 5) is 34.8. The molecule has 0 saturated carbocycles. The summed E-state index contributed by atoms with van der Waals surface area (Å²) in [5.41, 5.74) is 0.165. The van der Waals surface area contributed by atoms with Crippen molar-refractivity contribution in [2.75, 3.05) is 11.9 Å². The van der Waals surface area contributed by atoms with Crippen molar-refractivity contribution in [3.05, 3.63) is 29.8 Å². The second-order valence-electron chi connectivity index (χ2n) is 6.65. The Bertz CT molecular complexity index is 622. The molecule has 0 aromatic heterocycles. The summed E-state index contributed by atoms with van der Waals surface area (Å²) in [5, 5.41) is 14.2. The van der Waals surface area contributed by atoms with Gasteiger partial charge in [-0.3, -0.25) is 5.32 Å². The number of hydrogen-bond acceptors (Lipinski definition) is 5. The predicted octanol–water partition coefficient (Wildman–Crippen LogP) is 3.69. The number of alkyl carbamates (subject to hydrolysis) is 1. The van der Waals surface area contributed by atoms with E-state index in [0.717, 1.165) is 6.42 Å². The van der Waals surface area contributed by atoms with Crippen LogP contribution in [0.4, 0.5) is 15.3 Å². The smallest absolute Gasteiger partial charge is 0.412 e. The number of carbonyl (C=O) groups is 3. The molecule has 0 spiro atoms. The summed E-state index contributed by atoms with van der Waals surface area (Å²) < 4.78 is 10.1. The maximum absolute atomic E-state index is 11.7. The minimum atomic E-state index is -1.25. The zero-order valence-corrected chi connectivity index (χ0v) is 15.5. The van der Waals surface area contributed by atoms with Crippen LogP contribution in [0.5, 0.6) is 0 Å². The molecule has 3 N–H and O–H groups in total. The molecule has 0 saturated heterocycles. The fraction of sp³-hybridized carbons (Fsp3) is 0.500. The number of carboxylic acid groups (broad SMARTS) is 1. The lowest BCUT2D eigenvalue weighted by molar-refractivity contribution is -0.139. The number of anilines is 1. The van der Waals surface area contributed by atoms with Crippen molar-refractivity contribution in [2.45, 2.75) is 52.2 Å². The van der Waals surface area contributed by atoms with E-state index in [1.54, 1.807) is 20.8 Å². The summed E-state index contributed by atoms with van der Waals surface area (Å²) >= 11 is 0. The Balaban J connectivity index is 2.71. The van der Waals surface area contributed by atoms with E-state index in [-0.39, 0.29) is 6.61 Å². The molecule has 1 aromatic rings. The Kier molecular flexibility index (Phi) is 7.89. The molecule has 0 fully saturated rings. The van der Waals surface area contributed by atoms with Gasteiger partial charge in [0.25, 0.3) is 0 Å². The molecule has 0 aliphatic rings. The summed E-state index contributed by atoms with van der Waals surface area (Å²) in [6.45, 7) is 7.43. The van der Waals surface area contributed by atoms with Gasteiger partial charge in [0.05, 0.1) is 6.61 Å². The Morgan fingerprint density at radius 3 is 2.23 bits per heavy atom. The first-order valence-electron chi connectivity index (χ1n) is 8.38. The number of carbonyl (C=O) groups excluding carboxylic acids is 2. The van der Waals surface area contributed by atoms with Crippen molar-refractivity contribution < 1.29 is 29.0 Å². The number of hydrogen-bond donors (Lipinski definition) is 3.